The predicted molar refractivity (Wildman–Crippen MR) is 117 cm³/mol. The van der Waals surface area contributed by atoms with Gasteiger partial charge in [0, 0.05) is 29.1 Å². The maximum Gasteiger partial charge on any atom is 0.325 e. The van der Waals surface area contributed by atoms with Crippen molar-refractivity contribution < 1.29 is 23.1 Å². The molecule has 0 saturated heterocycles. The standard InChI is InChI=1S/C25H26F2N2O3/c1-2-32-25(31)15-29-22-10-8-18(27)13-20(22)21-14-19(9-11-23(21)29)28-24(30)12-5-16-3-6-17(26)7-4-16/h3-4,6-8,10,13,19H,2,5,9,11-12,14-15H2,1H3,(H,28,30)/t19-/m0/s1. The molecule has 0 unspecified atom stereocenters. The Morgan fingerprint density at radius 1 is 1.12 bits per heavy atom. The smallest absolute Gasteiger partial charge is 0.325 e. The van der Waals surface area contributed by atoms with Crippen LogP contribution in [0.15, 0.2) is 42.5 Å². The highest BCUT2D eigenvalue weighted by Crippen LogP contribution is 2.33. The number of esters is 1. The quantitative estimate of drug-likeness (QED) is 0.563. The number of aromatic nitrogens is 1. The van der Waals surface area contributed by atoms with Crippen LogP contribution >= 0.6 is 0 Å². The highest BCUT2D eigenvalue weighted by atomic mass is 19.1. The summed E-state index contributed by atoms with van der Waals surface area (Å²) in [6, 6.07) is 10.7. The first-order chi connectivity index (χ1) is 15.4. The maximum absolute atomic E-state index is 14.0. The van der Waals surface area contributed by atoms with Crippen molar-refractivity contribution in [2.45, 2.75) is 51.6 Å². The first-order valence-electron chi connectivity index (χ1n) is 10.9. The fourth-order valence-electron chi connectivity index (χ4n) is 4.47. The zero-order valence-corrected chi connectivity index (χ0v) is 18.0. The second-order valence-corrected chi connectivity index (χ2v) is 8.11. The van der Waals surface area contributed by atoms with Crippen molar-refractivity contribution in [3.05, 3.63) is 70.9 Å². The summed E-state index contributed by atoms with van der Waals surface area (Å²) >= 11 is 0. The molecule has 3 aromatic rings. The molecule has 1 heterocycles. The Morgan fingerprint density at radius 2 is 1.88 bits per heavy atom. The molecule has 4 rings (SSSR count). The normalized spacial score (nSPS) is 15.4. The number of carbonyl (C=O) groups is 2. The third-order valence-corrected chi connectivity index (χ3v) is 5.94. The monoisotopic (exact) mass is 440 g/mol. The summed E-state index contributed by atoms with van der Waals surface area (Å²) in [6.07, 6.45) is 2.83. The molecule has 2 aromatic carbocycles. The Kier molecular flexibility index (Phi) is 6.53. The van der Waals surface area contributed by atoms with Gasteiger partial charge in [-0.3, -0.25) is 9.59 Å². The van der Waals surface area contributed by atoms with Crippen LogP contribution in [-0.4, -0.2) is 29.1 Å². The number of hydrogen-bond acceptors (Lipinski definition) is 3. The lowest BCUT2D eigenvalue weighted by Crippen LogP contribution is -2.39. The molecule has 1 aromatic heterocycles. The predicted octanol–water partition coefficient (Wildman–Crippen LogP) is 4.09. The summed E-state index contributed by atoms with van der Waals surface area (Å²) in [6.45, 7) is 2.15. The molecule has 0 bridgehead atoms. The summed E-state index contributed by atoms with van der Waals surface area (Å²) in [5.41, 5.74) is 3.67. The Morgan fingerprint density at radius 3 is 2.62 bits per heavy atom. The van der Waals surface area contributed by atoms with Gasteiger partial charge >= 0.3 is 5.97 Å². The number of nitrogens with zero attached hydrogens (tertiary/aromatic N) is 1. The van der Waals surface area contributed by atoms with Gasteiger partial charge in [-0.25, -0.2) is 8.78 Å². The van der Waals surface area contributed by atoms with Crippen molar-refractivity contribution in [2.24, 2.45) is 0 Å². The average molecular weight is 440 g/mol. The molecule has 1 aliphatic rings. The number of ether oxygens (including phenoxy) is 1. The Balaban J connectivity index is 1.48. The molecule has 0 spiro atoms. The average Bonchev–Trinajstić information content (AvgIpc) is 3.06. The van der Waals surface area contributed by atoms with Gasteiger partial charge in [-0.05, 0) is 74.1 Å². The third kappa shape index (κ3) is 4.82. The summed E-state index contributed by atoms with van der Waals surface area (Å²) in [7, 11) is 0. The number of hydrogen-bond donors (Lipinski definition) is 1. The maximum atomic E-state index is 14.0. The first kappa shape index (κ1) is 22.0. The molecule has 1 atom stereocenters. The molecular formula is C25H26F2N2O3. The number of carbonyl (C=O) groups excluding carboxylic acids is 2. The third-order valence-electron chi connectivity index (χ3n) is 5.94. The van der Waals surface area contributed by atoms with Crippen LogP contribution in [0.5, 0.6) is 0 Å². The van der Waals surface area contributed by atoms with E-state index < -0.39 is 0 Å². The second kappa shape index (κ2) is 9.51. The second-order valence-electron chi connectivity index (χ2n) is 8.11. The van der Waals surface area contributed by atoms with Gasteiger partial charge in [0.1, 0.15) is 18.2 Å². The van der Waals surface area contributed by atoms with Gasteiger partial charge in [-0.1, -0.05) is 12.1 Å². The molecule has 5 nitrogen and oxygen atoms in total. The van der Waals surface area contributed by atoms with Crippen LogP contribution in [0.25, 0.3) is 10.9 Å². The number of benzene rings is 2. The van der Waals surface area contributed by atoms with Gasteiger partial charge in [0.05, 0.1) is 6.61 Å². The molecule has 0 fully saturated rings. The Labute approximate surface area is 185 Å². The van der Waals surface area contributed by atoms with Crippen molar-refractivity contribution in [1.82, 2.24) is 9.88 Å². The number of halogens is 2. The Hall–Kier alpha value is -3.22. The van der Waals surface area contributed by atoms with Crippen molar-refractivity contribution in [3.8, 4) is 0 Å². The van der Waals surface area contributed by atoms with Crippen LogP contribution in [0.1, 0.15) is 36.6 Å². The molecule has 0 radical (unpaired) electrons. The van der Waals surface area contributed by atoms with E-state index in [1.807, 2.05) is 4.57 Å². The van der Waals surface area contributed by atoms with Gasteiger partial charge in [0.2, 0.25) is 5.91 Å². The molecule has 1 aliphatic carbocycles. The van der Waals surface area contributed by atoms with E-state index in [9.17, 15) is 18.4 Å². The number of fused-ring (bicyclic) bond motifs is 3. The fraction of sp³-hybridized carbons (Fsp3) is 0.360. The lowest BCUT2D eigenvalue weighted by molar-refractivity contribution is -0.143. The van der Waals surface area contributed by atoms with Crippen LogP contribution in [0.2, 0.25) is 0 Å². The topological polar surface area (TPSA) is 60.3 Å². The zero-order valence-electron chi connectivity index (χ0n) is 18.0. The summed E-state index contributed by atoms with van der Waals surface area (Å²) in [4.78, 5) is 24.6. The lowest BCUT2D eigenvalue weighted by Gasteiger charge is -2.25. The molecule has 0 saturated carbocycles. The van der Waals surface area contributed by atoms with E-state index in [4.69, 9.17) is 4.74 Å². The molecule has 168 valence electrons. The minimum absolute atomic E-state index is 0.0619. The molecule has 1 N–H and O–H groups in total. The van der Waals surface area contributed by atoms with Crippen molar-refractivity contribution in [1.29, 1.82) is 0 Å². The molecule has 1 amide bonds. The molecule has 32 heavy (non-hydrogen) atoms. The minimum atomic E-state index is -0.334. The number of nitrogens with one attached hydrogen (secondary N) is 1. The highest BCUT2D eigenvalue weighted by Gasteiger charge is 2.27. The van der Waals surface area contributed by atoms with E-state index >= 15 is 0 Å². The van der Waals surface area contributed by atoms with E-state index in [1.54, 1.807) is 25.1 Å². The zero-order chi connectivity index (χ0) is 22.7. The van der Waals surface area contributed by atoms with E-state index in [2.05, 4.69) is 5.32 Å². The highest BCUT2D eigenvalue weighted by molar-refractivity contribution is 5.87. The van der Waals surface area contributed by atoms with E-state index in [0.717, 1.165) is 34.1 Å². The van der Waals surface area contributed by atoms with Crippen molar-refractivity contribution in [2.75, 3.05) is 6.61 Å². The van der Waals surface area contributed by atoms with Gasteiger partial charge < -0.3 is 14.6 Å². The largest absolute Gasteiger partial charge is 0.465 e. The van der Waals surface area contributed by atoms with Gasteiger partial charge in [0.25, 0.3) is 0 Å². The van der Waals surface area contributed by atoms with Crippen LogP contribution in [0.3, 0.4) is 0 Å². The van der Waals surface area contributed by atoms with E-state index in [1.165, 1.54) is 24.3 Å². The Bertz CT molecular complexity index is 1140. The van der Waals surface area contributed by atoms with E-state index in [0.29, 0.717) is 32.3 Å². The molecule has 7 heteroatoms. The number of aryl methyl sites for hydroxylation is 1. The van der Waals surface area contributed by atoms with Crippen molar-refractivity contribution >= 4 is 22.8 Å². The molecular weight excluding hydrogens is 414 g/mol. The van der Waals surface area contributed by atoms with Crippen LogP contribution < -0.4 is 5.32 Å². The summed E-state index contributed by atoms with van der Waals surface area (Å²) in [5, 5.41) is 3.86. The lowest BCUT2D eigenvalue weighted by atomic mass is 9.91. The SMILES string of the molecule is CCOC(=O)Cn1c2c(c3cc(F)ccc31)C[C@@H](NC(=O)CCc1ccc(F)cc1)CC2. The van der Waals surface area contributed by atoms with Gasteiger partial charge in [-0.2, -0.15) is 0 Å². The van der Waals surface area contributed by atoms with Gasteiger partial charge in [-0.15, -0.1) is 0 Å². The van der Waals surface area contributed by atoms with Crippen LogP contribution in [-0.2, 0) is 40.1 Å². The number of amides is 1. The minimum Gasteiger partial charge on any atom is -0.465 e. The van der Waals surface area contributed by atoms with E-state index in [-0.39, 0.29) is 36.1 Å². The van der Waals surface area contributed by atoms with Gasteiger partial charge in [0.15, 0.2) is 0 Å². The fourth-order valence-corrected chi connectivity index (χ4v) is 4.47. The van der Waals surface area contributed by atoms with Crippen molar-refractivity contribution in [3.63, 3.8) is 0 Å². The van der Waals surface area contributed by atoms with Crippen LogP contribution in [0, 0.1) is 11.6 Å². The molecule has 0 aliphatic heterocycles. The number of rotatable bonds is 7. The first-order valence-corrected chi connectivity index (χ1v) is 10.9. The van der Waals surface area contributed by atoms with Crippen LogP contribution in [0.4, 0.5) is 8.78 Å². The summed E-state index contributed by atoms with van der Waals surface area (Å²) < 4.78 is 34.1. The summed E-state index contributed by atoms with van der Waals surface area (Å²) in [5.74, 6) is -1.02.